The van der Waals surface area contributed by atoms with Crippen molar-refractivity contribution in [1.29, 1.82) is 0 Å². The Bertz CT molecular complexity index is 1050. The first kappa shape index (κ1) is 18.0. The van der Waals surface area contributed by atoms with E-state index in [9.17, 15) is 0 Å². The molecule has 3 aromatic heterocycles. The fourth-order valence-electron chi connectivity index (χ4n) is 3.57. The van der Waals surface area contributed by atoms with Crippen molar-refractivity contribution in [3.63, 3.8) is 0 Å². The maximum atomic E-state index is 4.82. The molecule has 1 fully saturated rings. The SMILES string of the molecule is c1ccc(-n2cc(-c3ccnc(N4CCN(Cc5cccs5)CC4)n3)cn2)cc1. The van der Waals surface area contributed by atoms with Crippen molar-refractivity contribution in [3.05, 3.63) is 77.4 Å². The highest BCUT2D eigenvalue weighted by atomic mass is 32.1. The second-order valence-electron chi connectivity index (χ2n) is 7.09. The molecule has 0 amide bonds. The number of rotatable bonds is 5. The minimum Gasteiger partial charge on any atom is -0.338 e. The molecule has 0 radical (unpaired) electrons. The first-order valence-electron chi connectivity index (χ1n) is 9.78. The number of anilines is 1. The van der Waals surface area contributed by atoms with Crippen LogP contribution >= 0.6 is 11.3 Å². The van der Waals surface area contributed by atoms with Gasteiger partial charge in [-0.3, -0.25) is 4.90 Å². The molecular weight excluding hydrogens is 380 g/mol. The lowest BCUT2D eigenvalue weighted by molar-refractivity contribution is 0.251. The molecule has 7 heteroatoms. The van der Waals surface area contributed by atoms with Crippen molar-refractivity contribution in [2.75, 3.05) is 31.1 Å². The molecule has 0 saturated carbocycles. The van der Waals surface area contributed by atoms with E-state index in [0.717, 1.165) is 55.6 Å². The summed E-state index contributed by atoms with van der Waals surface area (Å²) in [4.78, 5) is 15.5. The molecule has 1 saturated heterocycles. The Morgan fingerprint density at radius 3 is 2.59 bits per heavy atom. The first-order chi connectivity index (χ1) is 14.3. The largest absolute Gasteiger partial charge is 0.338 e. The highest BCUT2D eigenvalue weighted by molar-refractivity contribution is 7.09. The number of hydrogen-bond acceptors (Lipinski definition) is 6. The van der Waals surface area contributed by atoms with Crippen LogP contribution in [-0.4, -0.2) is 50.8 Å². The molecule has 0 unspecified atom stereocenters. The molecule has 1 aliphatic rings. The highest BCUT2D eigenvalue weighted by Gasteiger charge is 2.20. The van der Waals surface area contributed by atoms with Crippen LogP contribution in [0.3, 0.4) is 0 Å². The molecule has 5 rings (SSSR count). The summed E-state index contributed by atoms with van der Waals surface area (Å²) in [6, 6.07) is 16.4. The summed E-state index contributed by atoms with van der Waals surface area (Å²) in [5, 5.41) is 6.63. The fraction of sp³-hybridized carbons (Fsp3) is 0.227. The molecule has 1 aromatic carbocycles. The molecule has 0 aliphatic carbocycles. The lowest BCUT2D eigenvalue weighted by atomic mass is 10.2. The zero-order valence-electron chi connectivity index (χ0n) is 16.1. The quantitative estimate of drug-likeness (QED) is 0.509. The molecule has 4 heterocycles. The van der Waals surface area contributed by atoms with Gasteiger partial charge in [0, 0.05) is 55.6 Å². The molecule has 0 bridgehead atoms. The van der Waals surface area contributed by atoms with Gasteiger partial charge in [-0.15, -0.1) is 11.3 Å². The van der Waals surface area contributed by atoms with Gasteiger partial charge in [-0.05, 0) is 29.6 Å². The van der Waals surface area contributed by atoms with Gasteiger partial charge in [0.15, 0.2) is 0 Å². The number of piperazine rings is 1. The van der Waals surface area contributed by atoms with Crippen molar-refractivity contribution in [3.8, 4) is 16.9 Å². The van der Waals surface area contributed by atoms with Gasteiger partial charge in [-0.1, -0.05) is 24.3 Å². The van der Waals surface area contributed by atoms with Crippen LogP contribution in [-0.2, 0) is 6.54 Å². The second kappa shape index (κ2) is 8.14. The van der Waals surface area contributed by atoms with E-state index >= 15 is 0 Å². The minimum atomic E-state index is 0.797. The molecular formula is C22H22N6S. The van der Waals surface area contributed by atoms with E-state index in [1.165, 1.54) is 4.88 Å². The van der Waals surface area contributed by atoms with Gasteiger partial charge >= 0.3 is 0 Å². The van der Waals surface area contributed by atoms with Crippen LogP contribution in [0.1, 0.15) is 4.88 Å². The first-order valence-corrected chi connectivity index (χ1v) is 10.7. The Balaban J connectivity index is 1.28. The average Bonchev–Trinajstić information content (AvgIpc) is 3.48. The maximum Gasteiger partial charge on any atom is 0.225 e. The zero-order valence-corrected chi connectivity index (χ0v) is 16.9. The predicted molar refractivity (Wildman–Crippen MR) is 116 cm³/mol. The van der Waals surface area contributed by atoms with E-state index in [2.05, 4.69) is 37.4 Å². The summed E-state index contributed by atoms with van der Waals surface area (Å²) in [6.07, 6.45) is 5.72. The van der Waals surface area contributed by atoms with Crippen LogP contribution in [0, 0.1) is 0 Å². The van der Waals surface area contributed by atoms with Gasteiger partial charge in [0.1, 0.15) is 0 Å². The summed E-state index contributed by atoms with van der Waals surface area (Å²) in [6.45, 7) is 4.97. The highest BCUT2D eigenvalue weighted by Crippen LogP contribution is 2.21. The van der Waals surface area contributed by atoms with Crippen LogP contribution in [0.4, 0.5) is 5.95 Å². The normalized spacial score (nSPS) is 15.0. The summed E-state index contributed by atoms with van der Waals surface area (Å²) in [5.41, 5.74) is 2.93. The smallest absolute Gasteiger partial charge is 0.225 e. The number of aromatic nitrogens is 4. The van der Waals surface area contributed by atoms with Crippen molar-refractivity contribution in [2.45, 2.75) is 6.54 Å². The predicted octanol–water partition coefficient (Wildman–Crippen LogP) is 3.71. The molecule has 1 aliphatic heterocycles. The molecule has 0 N–H and O–H groups in total. The van der Waals surface area contributed by atoms with Gasteiger partial charge in [-0.2, -0.15) is 5.10 Å². The summed E-state index contributed by atoms with van der Waals surface area (Å²) in [7, 11) is 0. The Morgan fingerprint density at radius 2 is 1.79 bits per heavy atom. The van der Waals surface area contributed by atoms with Crippen LogP contribution in [0.2, 0.25) is 0 Å². The lowest BCUT2D eigenvalue weighted by Gasteiger charge is -2.34. The molecule has 6 nitrogen and oxygen atoms in total. The van der Waals surface area contributed by atoms with Crippen molar-refractivity contribution < 1.29 is 0 Å². The van der Waals surface area contributed by atoms with Crippen LogP contribution in [0.15, 0.2) is 72.5 Å². The van der Waals surface area contributed by atoms with E-state index in [1.807, 2.05) is 71.0 Å². The summed E-state index contributed by atoms with van der Waals surface area (Å²) < 4.78 is 1.88. The van der Waals surface area contributed by atoms with Crippen LogP contribution < -0.4 is 4.90 Å². The van der Waals surface area contributed by atoms with Crippen molar-refractivity contribution in [2.24, 2.45) is 0 Å². The molecule has 4 aromatic rings. The summed E-state index contributed by atoms with van der Waals surface area (Å²) in [5.74, 6) is 0.797. The van der Waals surface area contributed by atoms with Crippen LogP contribution in [0.25, 0.3) is 16.9 Å². The minimum absolute atomic E-state index is 0.797. The molecule has 0 atom stereocenters. The third-order valence-corrected chi connectivity index (χ3v) is 6.02. The zero-order chi connectivity index (χ0) is 19.5. The number of benzene rings is 1. The summed E-state index contributed by atoms with van der Waals surface area (Å²) >= 11 is 1.83. The Kier molecular flexibility index (Phi) is 5.06. The van der Waals surface area contributed by atoms with Gasteiger partial charge in [0.05, 0.1) is 17.6 Å². The number of hydrogen-bond donors (Lipinski definition) is 0. The van der Waals surface area contributed by atoms with Crippen molar-refractivity contribution in [1.82, 2.24) is 24.6 Å². The molecule has 146 valence electrons. The Morgan fingerprint density at radius 1 is 0.931 bits per heavy atom. The van der Waals surface area contributed by atoms with E-state index < -0.39 is 0 Å². The monoisotopic (exact) mass is 402 g/mol. The number of thiophene rings is 1. The maximum absolute atomic E-state index is 4.82. The Labute approximate surface area is 174 Å². The molecule has 29 heavy (non-hydrogen) atoms. The standard InChI is InChI=1S/C22H22N6S/c1-2-5-19(6-3-1)28-16-18(15-24-28)21-8-9-23-22(25-21)27-12-10-26(11-13-27)17-20-7-4-14-29-20/h1-9,14-16H,10-13,17H2. The van der Waals surface area contributed by atoms with Gasteiger partial charge in [0.25, 0.3) is 0 Å². The third kappa shape index (κ3) is 4.06. The molecule has 0 spiro atoms. The van der Waals surface area contributed by atoms with Gasteiger partial charge in [0.2, 0.25) is 5.95 Å². The van der Waals surface area contributed by atoms with Crippen molar-refractivity contribution >= 4 is 17.3 Å². The Hall–Kier alpha value is -3.03. The fourth-order valence-corrected chi connectivity index (χ4v) is 4.31. The van der Waals surface area contributed by atoms with Crippen LogP contribution in [0.5, 0.6) is 0 Å². The van der Waals surface area contributed by atoms with E-state index in [0.29, 0.717) is 0 Å². The van der Waals surface area contributed by atoms with E-state index in [4.69, 9.17) is 4.98 Å². The van der Waals surface area contributed by atoms with E-state index in [1.54, 1.807) is 0 Å². The van der Waals surface area contributed by atoms with Gasteiger partial charge in [-0.25, -0.2) is 14.6 Å². The van der Waals surface area contributed by atoms with Gasteiger partial charge < -0.3 is 4.90 Å². The average molecular weight is 403 g/mol. The van der Waals surface area contributed by atoms with E-state index in [-0.39, 0.29) is 0 Å². The lowest BCUT2D eigenvalue weighted by Crippen LogP contribution is -2.46. The number of nitrogens with zero attached hydrogens (tertiary/aromatic N) is 6. The number of para-hydroxylation sites is 1. The third-order valence-electron chi connectivity index (χ3n) is 5.16. The topological polar surface area (TPSA) is 50.1 Å². The second-order valence-corrected chi connectivity index (χ2v) is 8.13.